The van der Waals surface area contributed by atoms with Crippen molar-refractivity contribution in [2.24, 2.45) is 5.92 Å². The normalized spacial score (nSPS) is 10.8. The van der Waals surface area contributed by atoms with Gasteiger partial charge in [0.1, 0.15) is 0 Å². The molecule has 0 aliphatic rings. The van der Waals surface area contributed by atoms with E-state index in [4.69, 9.17) is 0 Å². The van der Waals surface area contributed by atoms with Crippen molar-refractivity contribution in [2.75, 3.05) is 0 Å². The summed E-state index contributed by atoms with van der Waals surface area (Å²) in [6.45, 7) is 6.37. The molecule has 0 saturated heterocycles. The van der Waals surface area contributed by atoms with Gasteiger partial charge in [-0.15, -0.1) is 0 Å². The zero-order valence-electron chi connectivity index (χ0n) is 12.3. The highest BCUT2D eigenvalue weighted by molar-refractivity contribution is 5.72. The molecule has 0 saturated carbocycles. The third kappa shape index (κ3) is 3.70. The molecule has 0 unspecified atom stereocenters. The van der Waals surface area contributed by atoms with Crippen LogP contribution in [0.3, 0.4) is 0 Å². The first-order valence-electron chi connectivity index (χ1n) is 6.94. The monoisotopic (exact) mass is 271 g/mol. The van der Waals surface area contributed by atoms with E-state index in [1.165, 1.54) is 12.6 Å². The van der Waals surface area contributed by atoms with Gasteiger partial charge in [0.05, 0.1) is 17.9 Å². The zero-order chi connectivity index (χ0) is 14.5. The second-order valence-corrected chi connectivity index (χ2v) is 5.38. The molecule has 1 N–H and O–H groups in total. The topological polar surface area (TPSA) is 46.9 Å². The standard InChI is InChI=1S/C16H21N3O/c1-12(2)9-16-10-14(11-17-13(3)20)18-19(16)15-7-5-4-6-8-15/h4-8,10,12H,9,11H2,1-3H3,(H,17,20). The van der Waals surface area contributed by atoms with Crippen LogP contribution in [0.2, 0.25) is 0 Å². The van der Waals surface area contributed by atoms with E-state index in [0.29, 0.717) is 12.5 Å². The van der Waals surface area contributed by atoms with Crippen LogP contribution in [0.5, 0.6) is 0 Å². The lowest BCUT2D eigenvalue weighted by atomic mass is 10.1. The molecule has 2 rings (SSSR count). The third-order valence-electron chi connectivity index (χ3n) is 2.97. The lowest BCUT2D eigenvalue weighted by molar-refractivity contribution is -0.119. The molecule has 106 valence electrons. The van der Waals surface area contributed by atoms with E-state index < -0.39 is 0 Å². The molecular weight excluding hydrogens is 250 g/mol. The molecule has 4 heteroatoms. The van der Waals surface area contributed by atoms with Gasteiger partial charge in [0.25, 0.3) is 0 Å². The minimum absolute atomic E-state index is 0.0373. The molecule has 4 nitrogen and oxygen atoms in total. The van der Waals surface area contributed by atoms with E-state index in [-0.39, 0.29) is 5.91 Å². The van der Waals surface area contributed by atoms with Crippen molar-refractivity contribution in [3.05, 3.63) is 47.8 Å². The summed E-state index contributed by atoms with van der Waals surface area (Å²) in [5, 5.41) is 7.40. The number of carbonyl (C=O) groups excluding carboxylic acids is 1. The number of hydrogen-bond donors (Lipinski definition) is 1. The van der Waals surface area contributed by atoms with E-state index in [1.807, 2.05) is 35.0 Å². The molecule has 1 heterocycles. The number of amides is 1. The van der Waals surface area contributed by atoms with Gasteiger partial charge in [-0.05, 0) is 30.5 Å². The van der Waals surface area contributed by atoms with E-state index in [2.05, 4.69) is 30.3 Å². The van der Waals surface area contributed by atoms with Crippen molar-refractivity contribution in [1.29, 1.82) is 0 Å². The Bertz CT molecular complexity index is 573. The Balaban J connectivity index is 2.30. The average Bonchev–Trinajstić information content (AvgIpc) is 2.79. The SMILES string of the molecule is CC(=O)NCc1cc(CC(C)C)n(-c2ccccc2)n1. The number of para-hydroxylation sites is 1. The Morgan fingerprint density at radius 3 is 2.60 bits per heavy atom. The van der Waals surface area contributed by atoms with Gasteiger partial charge in [-0.25, -0.2) is 4.68 Å². The highest BCUT2D eigenvalue weighted by atomic mass is 16.1. The Morgan fingerprint density at radius 1 is 1.30 bits per heavy atom. The number of nitrogens with one attached hydrogen (secondary N) is 1. The summed E-state index contributed by atoms with van der Waals surface area (Å²) in [4.78, 5) is 11.0. The number of nitrogens with zero attached hydrogens (tertiary/aromatic N) is 2. The van der Waals surface area contributed by atoms with Crippen LogP contribution >= 0.6 is 0 Å². The van der Waals surface area contributed by atoms with Gasteiger partial charge in [-0.2, -0.15) is 5.10 Å². The summed E-state index contributed by atoms with van der Waals surface area (Å²) < 4.78 is 1.97. The maximum atomic E-state index is 11.0. The molecule has 0 bridgehead atoms. The molecule has 0 spiro atoms. The summed E-state index contributed by atoms with van der Waals surface area (Å²) in [6, 6.07) is 12.2. The van der Waals surface area contributed by atoms with Gasteiger partial charge in [-0.3, -0.25) is 4.79 Å². The van der Waals surface area contributed by atoms with E-state index >= 15 is 0 Å². The van der Waals surface area contributed by atoms with E-state index in [9.17, 15) is 4.79 Å². The van der Waals surface area contributed by atoms with Crippen molar-refractivity contribution in [2.45, 2.75) is 33.7 Å². The number of hydrogen-bond acceptors (Lipinski definition) is 2. The van der Waals surface area contributed by atoms with E-state index in [1.54, 1.807) is 0 Å². The Morgan fingerprint density at radius 2 is 2.00 bits per heavy atom. The van der Waals surface area contributed by atoms with Crippen LogP contribution in [0.4, 0.5) is 0 Å². The first-order chi connectivity index (χ1) is 9.56. The highest BCUT2D eigenvalue weighted by Gasteiger charge is 2.11. The Hall–Kier alpha value is -2.10. The molecule has 20 heavy (non-hydrogen) atoms. The van der Waals surface area contributed by atoms with Crippen LogP contribution < -0.4 is 5.32 Å². The maximum absolute atomic E-state index is 11.0. The maximum Gasteiger partial charge on any atom is 0.217 e. The fourth-order valence-corrected chi connectivity index (χ4v) is 2.13. The van der Waals surface area contributed by atoms with Gasteiger partial charge in [0.2, 0.25) is 5.91 Å². The molecule has 1 aromatic carbocycles. The van der Waals surface area contributed by atoms with Crippen LogP contribution in [-0.4, -0.2) is 15.7 Å². The second-order valence-electron chi connectivity index (χ2n) is 5.38. The molecule has 0 atom stereocenters. The quantitative estimate of drug-likeness (QED) is 0.909. The Kier molecular flexibility index (Phi) is 4.56. The van der Waals surface area contributed by atoms with Crippen LogP contribution in [0, 0.1) is 5.92 Å². The number of rotatable bonds is 5. The predicted octanol–water partition coefficient (Wildman–Crippen LogP) is 2.71. The van der Waals surface area contributed by atoms with Crippen LogP contribution in [0.15, 0.2) is 36.4 Å². The van der Waals surface area contributed by atoms with Crippen LogP contribution in [0.1, 0.15) is 32.2 Å². The van der Waals surface area contributed by atoms with Gasteiger partial charge >= 0.3 is 0 Å². The van der Waals surface area contributed by atoms with Crippen LogP contribution in [0.25, 0.3) is 5.69 Å². The lowest BCUT2D eigenvalue weighted by Gasteiger charge is -2.08. The zero-order valence-corrected chi connectivity index (χ0v) is 12.3. The number of carbonyl (C=O) groups is 1. The van der Waals surface area contributed by atoms with Gasteiger partial charge in [-0.1, -0.05) is 32.0 Å². The highest BCUT2D eigenvalue weighted by Crippen LogP contribution is 2.16. The Labute approximate surface area is 119 Å². The molecular formula is C16H21N3O. The minimum Gasteiger partial charge on any atom is -0.351 e. The van der Waals surface area contributed by atoms with Gasteiger partial charge in [0, 0.05) is 12.6 Å². The predicted molar refractivity (Wildman–Crippen MR) is 79.6 cm³/mol. The molecule has 0 aliphatic heterocycles. The van der Waals surface area contributed by atoms with Crippen molar-refractivity contribution >= 4 is 5.91 Å². The average molecular weight is 271 g/mol. The van der Waals surface area contributed by atoms with Gasteiger partial charge in [0.15, 0.2) is 0 Å². The fraction of sp³-hybridized carbons (Fsp3) is 0.375. The summed E-state index contributed by atoms with van der Waals surface area (Å²) in [6.07, 6.45) is 0.960. The molecule has 2 aromatic rings. The lowest BCUT2D eigenvalue weighted by Crippen LogP contribution is -2.19. The molecule has 0 radical (unpaired) electrons. The second kappa shape index (κ2) is 6.37. The van der Waals surface area contributed by atoms with Gasteiger partial charge < -0.3 is 5.32 Å². The van der Waals surface area contributed by atoms with Crippen molar-refractivity contribution in [1.82, 2.24) is 15.1 Å². The van der Waals surface area contributed by atoms with E-state index in [0.717, 1.165) is 17.8 Å². The molecule has 0 fully saturated rings. The molecule has 1 aromatic heterocycles. The van der Waals surface area contributed by atoms with Crippen LogP contribution in [-0.2, 0) is 17.8 Å². The smallest absolute Gasteiger partial charge is 0.217 e. The molecule has 0 aliphatic carbocycles. The number of benzene rings is 1. The summed E-state index contributed by atoms with van der Waals surface area (Å²) >= 11 is 0. The minimum atomic E-state index is -0.0373. The summed E-state index contributed by atoms with van der Waals surface area (Å²) in [5.41, 5.74) is 3.11. The summed E-state index contributed by atoms with van der Waals surface area (Å²) in [7, 11) is 0. The largest absolute Gasteiger partial charge is 0.351 e. The third-order valence-corrected chi connectivity index (χ3v) is 2.97. The fourth-order valence-electron chi connectivity index (χ4n) is 2.13. The first-order valence-corrected chi connectivity index (χ1v) is 6.94. The summed E-state index contributed by atoms with van der Waals surface area (Å²) in [5.74, 6) is 0.521. The van der Waals surface area contributed by atoms with Crippen molar-refractivity contribution in [3.63, 3.8) is 0 Å². The number of aromatic nitrogens is 2. The first kappa shape index (κ1) is 14.3. The van der Waals surface area contributed by atoms with Crippen molar-refractivity contribution in [3.8, 4) is 5.69 Å². The molecule has 1 amide bonds. The van der Waals surface area contributed by atoms with Crippen molar-refractivity contribution < 1.29 is 4.79 Å².